The van der Waals surface area contributed by atoms with E-state index in [1.165, 1.54) is 22.9 Å². The Morgan fingerprint density at radius 1 is 1.45 bits per heavy atom. The standard InChI is InChI=1S/C12H16N6O2/c1-17-8-15-16-10(17)4-5-14-11(19)7-18-6-9(13)2-3-12(18)20/h2-3,6,8H,4-5,7,13H2,1H3,(H,14,19). The Labute approximate surface area is 115 Å². The summed E-state index contributed by atoms with van der Waals surface area (Å²) in [6, 6.07) is 2.84. The minimum absolute atomic E-state index is 0.0529. The predicted molar refractivity (Wildman–Crippen MR) is 72.8 cm³/mol. The maximum Gasteiger partial charge on any atom is 0.251 e. The molecule has 1 amide bonds. The average molecular weight is 276 g/mol. The normalized spacial score (nSPS) is 10.4. The molecule has 0 saturated carbocycles. The van der Waals surface area contributed by atoms with E-state index >= 15 is 0 Å². The quantitative estimate of drug-likeness (QED) is 0.722. The molecule has 20 heavy (non-hydrogen) atoms. The second-order valence-corrected chi connectivity index (χ2v) is 4.39. The third kappa shape index (κ3) is 3.44. The summed E-state index contributed by atoms with van der Waals surface area (Å²) < 4.78 is 3.06. The van der Waals surface area contributed by atoms with Crippen molar-refractivity contribution in [1.82, 2.24) is 24.6 Å². The molecule has 0 saturated heterocycles. The van der Waals surface area contributed by atoms with Gasteiger partial charge in [0.2, 0.25) is 5.91 Å². The van der Waals surface area contributed by atoms with Crippen LogP contribution in [0.15, 0.2) is 29.5 Å². The molecule has 0 atom stereocenters. The van der Waals surface area contributed by atoms with E-state index in [9.17, 15) is 9.59 Å². The number of nitrogen functional groups attached to an aromatic ring is 1. The number of aromatic nitrogens is 4. The van der Waals surface area contributed by atoms with Crippen LogP contribution >= 0.6 is 0 Å². The number of anilines is 1. The molecule has 0 radical (unpaired) electrons. The first kappa shape index (κ1) is 13.8. The minimum Gasteiger partial charge on any atom is -0.398 e. The molecule has 0 spiro atoms. The van der Waals surface area contributed by atoms with Crippen molar-refractivity contribution in [3.8, 4) is 0 Å². The summed E-state index contributed by atoms with van der Waals surface area (Å²) in [4.78, 5) is 23.3. The van der Waals surface area contributed by atoms with E-state index in [0.29, 0.717) is 18.7 Å². The van der Waals surface area contributed by atoms with Crippen LogP contribution in [-0.2, 0) is 24.8 Å². The first-order chi connectivity index (χ1) is 9.56. The summed E-state index contributed by atoms with van der Waals surface area (Å²) in [6.45, 7) is 0.380. The molecule has 0 aromatic carbocycles. The van der Waals surface area contributed by atoms with Gasteiger partial charge in [-0.05, 0) is 6.07 Å². The number of rotatable bonds is 5. The number of pyridine rings is 1. The maximum absolute atomic E-state index is 11.7. The molecule has 2 heterocycles. The Morgan fingerprint density at radius 2 is 2.25 bits per heavy atom. The molecule has 2 aromatic heterocycles. The third-order valence-electron chi connectivity index (χ3n) is 2.80. The van der Waals surface area contributed by atoms with Crippen molar-refractivity contribution in [2.45, 2.75) is 13.0 Å². The molecule has 0 bridgehead atoms. The van der Waals surface area contributed by atoms with Crippen LogP contribution in [0.4, 0.5) is 5.69 Å². The van der Waals surface area contributed by atoms with Gasteiger partial charge in [-0.2, -0.15) is 0 Å². The summed E-state index contributed by atoms with van der Waals surface area (Å²) in [7, 11) is 1.84. The molecule has 0 unspecified atom stereocenters. The van der Waals surface area contributed by atoms with Crippen molar-refractivity contribution < 1.29 is 4.79 Å². The number of carbonyl (C=O) groups excluding carboxylic acids is 1. The predicted octanol–water partition coefficient (Wildman–Crippen LogP) is -1.08. The molecule has 0 aliphatic heterocycles. The molecule has 2 aromatic rings. The van der Waals surface area contributed by atoms with Crippen molar-refractivity contribution >= 4 is 11.6 Å². The van der Waals surface area contributed by atoms with Gasteiger partial charge in [0.15, 0.2) is 0 Å². The van der Waals surface area contributed by atoms with Crippen molar-refractivity contribution in [1.29, 1.82) is 0 Å². The lowest BCUT2D eigenvalue weighted by Crippen LogP contribution is -2.33. The van der Waals surface area contributed by atoms with E-state index in [0.717, 1.165) is 5.82 Å². The van der Waals surface area contributed by atoms with Crippen LogP contribution in [0.2, 0.25) is 0 Å². The molecule has 106 valence electrons. The number of hydrogen-bond donors (Lipinski definition) is 2. The Hall–Kier alpha value is -2.64. The number of carbonyl (C=O) groups is 1. The van der Waals surface area contributed by atoms with Gasteiger partial charge in [-0.15, -0.1) is 10.2 Å². The largest absolute Gasteiger partial charge is 0.398 e. The number of nitrogens with two attached hydrogens (primary N) is 1. The maximum atomic E-state index is 11.7. The van der Waals surface area contributed by atoms with Crippen molar-refractivity contribution in [3.63, 3.8) is 0 Å². The highest BCUT2D eigenvalue weighted by atomic mass is 16.2. The summed E-state index contributed by atoms with van der Waals surface area (Å²) in [6.07, 6.45) is 3.63. The van der Waals surface area contributed by atoms with E-state index in [1.807, 2.05) is 7.05 Å². The van der Waals surface area contributed by atoms with Crippen LogP contribution in [-0.4, -0.2) is 31.8 Å². The van der Waals surface area contributed by atoms with Gasteiger partial charge in [0, 0.05) is 38.0 Å². The van der Waals surface area contributed by atoms with Crippen molar-refractivity contribution in [2.75, 3.05) is 12.3 Å². The lowest BCUT2D eigenvalue weighted by atomic mass is 10.4. The molecular formula is C12H16N6O2. The van der Waals surface area contributed by atoms with E-state index in [-0.39, 0.29) is 18.0 Å². The molecule has 0 fully saturated rings. The van der Waals surface area contributed by atoms with Crippen LogP contribution in [0.5, 0.6) is 0 Å². The fraction of sp³-hybridized carbons (Fsp3) is 0.333. The van der Waals surface area contributed by atoms with Crippen LogP contribution < -0.4 is 16.6 Å². The van der Waals surface area contributed by atoms with Crippen LogP contribution in [0.25, 0.3) is 0 Å². The van der Waals surface area contributed by atoms with Gasteiger partial charge in [0.05, 0.1) is 0 Å². The fourth-order valence-corrected chi connectivity index (χ4v) is 1.73. The van der Waals surface area contributed by atoms with Gasteiger partial charge in [0.1, 0.15) is 18.7 Å². The zero-order valence-electron chi connectivity index (χ0n) is 11.1. The van der Waals surface area contributed by atoms with E-state index in [2.05, 4.69) is 15.5 Å². The molecular weight excluding hydrogens is 260 g/mol. The van der Waals surface area contributed by atoms with E-state index < -0.39 is 0 Å². The Morgan fingerprint density at radius 3 is 2.95 bits per heavy atom. The zero-order chi connectivity index (χ0) is 14.5. The highest BCUT2D eigenvalue weighted by Gasteiger charge is 2.06. The van der Waals surface area contributed by atoms with Crippen molar-refractivity contribution in [3.05, 3.63) is 40.8 Å². The number of nitrogens with one attached hydrogen (secondary N) is 1. The number of nitrogens with zero attached hydrogens (tertiary/aromatic N) is 4. The van der Waals surface area contributed by atoms with Crippen molar-refractivity contribution in [2.24, 2.45) is 7.05 Å². The molecule has 0 aliphatic carbocycles. The Kier molecular flexibility index (Phi) is 4.14. The Balaban J connectivity index is 1.85. The van der Waals surface area contributed by atoms with Crippen LogP contribution in [0, 0.1) is 0 Å². The highest BCUT2D eigenvalue weighted by Crippen LogP contribution is 1.95. The molecule has 3 N–H and O–H groups in total. The number of amides is 1. The fourth-order valence-electron chi connectivity index (χ4n) is 1.73. The second-order valence-electron chi connectivity index (χ2n) is 4.39. The minimum atomic E-state index is -0.261. The monoisotopic (exact) mass is 276 g/mol. The van der Waals surface area contributed by atoms with Gasteiger partial charge in [-0.3, -0.25) is 9.59 Å². The second kappa shape index (κ2) is 6.00. The SMILES string of the molecule is Cn1cnnc1CCNC(=O)Cn1cc(N)ccc1=O. The molecule has 8 nitrogen and oxygen atoms in total. The zero-order valence-corrected chi connectivity index (χ0v) is 11.1. The summed E-state index contributed by atoms with van der Waals surface area (Å²) >= 11 is 0. The van der Waals surface area contributed by atoms with Gasteiger partial charge >= 0.3 is 0 Å². The van der Waals surface area contributed by atoms with E-state index in [4.69, 9.17) is 5.73 Å². The molecule has 0 aliphatic rings. The topological polar surface area (TPSA) is 108 Å². The molecule has 8 heteroatoms. The number of hydrogen-bond acceptors (Lipinski definition) is 5. The van der Waals surface area contributed by atoms with Gasteiger partial charge in [-0.1, -0.05) is 0 Å². The lowest BCUT2D eigenvalue weighted by molar-refractivity contribution is -0.121. The van der Waals surface area contributed by atoms with E-state index in [1.54, 1.807) is 10.9 Å². The summed E-state index contributed by atoms with van der Waals surface area (Å²) in [5, 5.41) is 10.4. The first-order valence-electron chi connectivity index (χ1n) is 6.12. The van der Waals surface area contributed by atoms with Gasteiger partial charge in [-0.25, -0.2) is 0 Å². The summed E-state index contributed by atoms with van der Waals surface area (Å²) in [5.74, 6) is 0.534. The summed E-state index contributed by atoms with van der Waals surface area (Å²) in [5.41, 5.74) is 5.75. The van der Waals surface area contributed by atoms with Gasteiger partial charge in [0.25, 0.3) is 5.56 Å². The highest BCUT2D eigenvalue weighted by molar-refractivity contribution is 5.75. The lowest BCUT2D eigenvalue weighted by Gasteiger charge is -2.07. The van der Waals surface area contributed by atoms with Gasteiger partial charge < -0.3 is 20.2 Å². The number of aryl methyl sites for hydroxylation is 1. The Bertz CT molecular complexity index is 660. The van der Waals surface area contributed by atoms with Crippen LogP contribution in [0.1, 0.15) is 5.82 Å². The smallest absolute Gasteiger partial charge is 0.251 e. The van der Waals surface area contributed by atoms with Crippen LogP contribution in [0.3, 0.4) is 0 Å². The average Bonchev–Trinajstić information content (AvgIpc) is 2.80. The molecule has 2 rings (SSSR count). The first-order valence-corrected chi connectivity index (χ1v) is 6.12. The third-order valence-corrected chi connectivity index (χ3v) is 2.80.